The van der Waals surface area contributed by atoms with Crippen LogP contribution in [0.25, 0.3) is 0 Å². The summed E-state index contributed by atoms with van der Waals surface area (Å²) < 4.78 is 5.05. The fourth-order valence-electron chi connectivity index (χ4n) is 1.52. The Morgan fingerprint density at radius 2 is 1.89 bits per heavy atom. The summed E-state index contributed by atoms with van der Waals surface area (Å²) in [7, 11) is 1.49. The second kappa shape index (κ2) is 4.75. The van der Waals surface area contributed by atoms with Crippen LogP contribution in [0.3, 0.4) is 0 Å². The van der Waals surface area contributed by atoms with Gasteiger partial charge in [-0.25, -0.2) is 4.99 Å². The Morgan fingerprint density at radius 3 is 2.50 bits per heavy atom. The Hall–Kier alpha value is -2.56. The van der Waals surface area contributed by atoms with Crippen LogP contribution in [0.2, 0.25) is 0 Å². The van der Waals surface area contributed by atoms with Gasteiger partial charge in [-0.15, -0.1) is 0 Å². The van der Waals surface area contributed by atoms with Crippen molar-refractivity contribution < 1.29 is 9.84 Å². The number of phenolic OH excluding ortho intramolecular Hbond substituents is 1. The summed E-state index contributed by atoms with van der Waals surface area (Å²) in [5.41, 5.74) is 7.64. The first-order valence-electron chi connectivity index (χ1n) is 5.30. The van der Waals surface area contributed by atoms with Crippen molar-refractivity contribution >= 4 is 17.1 Å². The molecule has 1 aromatic carbocycles. The largest absolute Gasteiger partial charge is 0.508 e. The molecule has 0 heterocycles. The average Bonchev–Trinajstić information content (AvgIpc) is 2.35. The molecule has 0 fully saturated rings. The van der Waals surface area contributed by atoms with E-state index in [0.717, 1.165) is 0 Å². The van der Waals surface area contributed by atoms with Crippen LogP contribution in [0.4, 0.5) is 5.69 Å². The number of nitrogens with one attached hydrogen (secondary N) is 1. The molecule has 5 heteroatoms. The number of ether oxygens (including phenoxy) is 1. The fourth-order valence-corrected chi connectivity index (χ4v) is 1.52. The molecule has 0 bridgehead atoms. The van der Waals surface area contributed by atoms with E-state index in [4.69, 9.17) is 15.9 Å². The minimum atomic E-state index is 0.181. The normalized spacial score (nSPS) is 17.4. The van der Waals surface area contributed by atoms with Gasteiger partial charge in [0.2, 0.25) is 0 Å². The molecule has 1 aromatic rings. The van der Waals surface area contributed by atoms with E-state index >= 15 is 0 Å². The second-order valence-corrected chi connectivity index (χ2v) is 3.74. The fraction of sp³-hybridized carbons (Fsp3) is 0.0769. The van der Waals surface area contributed by atoms with E-state index in [1.807, 2.05) is 0 Å². The molecule has 92 valence electrons. The highest BCUT2D eigenvalue weighted by Gasteiger charge is 2.14. The Morgan fingerprint density at radius 1 is 1.22 bits per heavy atom. The molecule has 0 saturated heterocycles. The second-order valence-electron chi connectivity index (χ2n) is 3.74. The van der Waals surface area contributed by atoms with Gasteiger partial charge in [-0.1, -0.05) is 0 Å². The molecule has 2 rings (SSSR count). The first-order chi connectivity index (χ1) is 8.60. The molecular weight excluding hydrogens is 230 g/mol. The summed E-state index contributed by atoms with van der Waals surface area (Å²) in [5, 5.41) is 16.8. The van der Waals surface area contributed by atoms with Gasteiger partial charge in [-0.2, -0.15) is 0 Å². The van der Waals surface area contributed by atoms with Crippen molar-refractivity contribution in [1.29, 1.82) is 5.41 Å². The lowest BCUT2D eigenvalue weighted by atomic mass is 10.1. The topological polar surface area (TPSA) is 91.7 Å². The molecule has 0 unspecified atom stereocenters. The van der Waals surface area contributed by atoms with E-state index < -0.39 is 0 Å². The zero-order chi connectivity index (χ0) is 13.1. The van der Waals surface area contributed by atoms with Crippen molar-refractivity contribution in [3.05, 3.63) is 47.9 Å². The van der Waals surface area contributed by atoms with Gasteiger partial charge < -0.3 is 15.6 Å². The van der Waals surface area contributed by atoms with E-state index in [-0.39, 0.29) is 11.5 Å². The monoisotopic (exact) mass is 243 g/mol. The highest BCUT2D eigenvalue weighted by Crippen LogP contribution is 2.19. The molecule has 0 aromatic heterocycles. The maximum absolute atomic E-state index is 9.18. The number of nitrogens with zero attached hydrogens (tertiary/aromatic N) is 1. The quantitative estimate of drug-likeness (QED) is 0.692. The molecule has 0 saturated carbocycles. The molecule has 0 atom stereocenters. The van der Waals surface area contributed by atoms with Crippen LogP contribution in [0.5, 0.6) is 5.75 Å². The molecule has 0 spiro atoms. The zero-order valence-corrected chi connectivity index (χ0v) is 9.84. The van der Waals surface area contributed by atoms with Crippen molar-refractivity contribution in [1.82, 2.24) is 0 Å². The Bertz CT molecular complexity index is 568. The van der Waals surface area contributed by atoms with Gasteiger partial charge in [-0.3, -0.25) is 5.41 Å². The highest BCUT2D eigenvalue weighted by molar-refractivity contribution is 6.22. The zero-order valence-electron chi connectivity index (χ0n) is 9.84. The molecule has 0 amide bonds. The third-order valence-electron chi connectivity index (χ3n) is 2.45. The van der Waals surface area contributed by atoms with Crippen LogP contribution < -0.4 is 5.73 Å². The standard InChI is InChI=1S/C13H13N3O2/c1-18-13-7-12(10(14)6-11(13)15)16-8-2-4-9(17)5-3-8/h2-7,15,17H,14H2,1H3. The molecule has 4 N–H and O–H groups in total. The van der Waals surface area contributed by atoms with Gasteiger partial charge >= 0.3 is 0 Å². The Kier molecular flexibility index (Phi) is 3.14. The van der Waals surface area contributed by atoms with Crippen molar-refractivity contribution in [2.24, 2.45) is 10.7 Å². The lowest BCUT2D eigenvalue weighted by Gasteiger charge is -2.13. The van der Waals surface area contributed by atoms with Crippen molar-refractivity contribution in [2.45, 2.75) is 0 Å². The smallest absolute Gasteiger partial charge is 0.146 e. The lowest BCUT2D eigenvalue weighted by molar-refractivity contribution is 0.315. The number of aliphatic imine (C=N–C) groups is 1. The third kappa shape index (κ3) is 2.40. The number of rotatable bonds is 2. The van der Waals surface area contributed by atoms with E-state index in [2.05, 4.69) is 4.99 Å². The van der Waals surface area contributed by atoms with Crippen LogP contribution >= 0.6 is 0 Å². The van der Waals surface area contributed by atoms with Crippen LogP contribution in [-0.2, 0) is 4.74 Å². The van der Waals surface area contributed by atoms with E-state index in [0.29, 0.717) is 22.9 Å². The third-order valence-corrected chi connectivity index (χ3v) is 2.45. The summed E-state index contributed by atoms with van der Waals surface area (Å²) in [4.78, 5) is 4.33. The van der Waals surface area contributed by atoms with Gasteiger partial charge in [0, 0.05) is 6.08 Å². The minimum Gasteiger partial charge on any atom is -0.508 e. The predicted molar refractivity (Wildman–Crippen MR) is 70.3 cm³/mol. The molecule has 1 aliphatic carbocycles. The summed E-state index contributed by atoms with van der Waals surface area (Å²) in [6.45, 7) is 0. The summed E-state index contributed by atoms with van der Waals surface area (Å²) in [6, 6.07) is 6.45. The first-order valence-corrected chi connectivity index (χ1v) is 5.30. The number of benzene rings is 1. The SMILES string of the molecule is COC1=CC(=Nc2ccc(O)cc2)C(N)=CC1=N. The van der Waals surface area contributed by atoms with E-state index in [1.165, 1.54) is 13.2 Å². The number of allylic oxidation sites excluding steroid dienone is 2. The molecule has 1 aliphatic rings. The Labute approximate surface area is 104 Å². The lowest BCUT2D eigenvalue weighted by Crippen LogP contribution is -2.18. The number of aromatic hydroxyl groups is 1. The molecule has 18 heavy (non-hydrogen) atoms. The van der Waals surface area contributed by atoms with Crippen LogP contribution in [0, 0.1) is 5.41 Å². The summed E-state index contributed by atoms with van der Waals surface area (Å²) in [6.07, 6.45) is 3.11. The van der Waals surface area contributed by atoms with Gasteiger partial charge in [0.1, 0.15) is 11.5 Å². The van der Waals surface area contributed by atoms with Gasteiger partial charge in [0.05, 0.1) is 29.9 Å². The Balaban J connectivity index is 2.37. The summed E-state index contributed by atoms with van der Waals surface area (Å²) >= 11 is 0. The van der Waals surface area contributed by atoms with Crippen LogP contribution in [-0.4, -0.2) is 23.6 Å². The minimum absolute atomic E-state index is 0.181. The van der Waals surface area contributed by atoms with Crippen LogP contribution in [0.1, 0.15) is 0 Å². The van der Waals surface area contributed by atoms with Crippen molar-refractivity contribution in [3.63, 3.8) is 0 Å². The van der Waals surface area contributed by atoms with Gasteiger partial charge in [0.25, 0.3) is 0 Å². The number of hydrogen-bond donors (Lipinski definition) is 3. The number of nitrogens with two attached hydrogens (primary N) is 1. The predicted octanol–water partition coefficient (Wildman–Crippen LogP) is 1.87. The van der Waals surface area contributed by atoms with Crippen LogP contribution in [0.15, 0.2) is 52.9 Å². The highest BCUT2D eigenvalue weighted by atomic mass is 16.5. The molecule has 0 aliphatic heterocycles. The van der Waals surface area contributed by atoms with Crippen molar-refractivity contribution in [3.8, 4) is 5.75 Å². The van der Waals surface area contributed by atoms with Gasteiger partial charge in [-0.05, 0) is 30.3 Å². The maximum atomic E-state index is 9.18. The number of phenols is 1. The number of hydrogen-bond acceptors (Lipinski definition) is 5. The molecular formula is C13H13N3O2. The summed E-state index contributed by atoms with van der Waals surface area (Å²) in [5.74, 6) is 0.600. The molecule has 5 nitrogen and oxygen atoms in total. The number of methoxy groups -OCH3 is 1. The molecule has 0 radical (unpaired) electrons. The van der Waals surface area contributed by atoms with E-state index in [9.17, 15) is 5.11 Å². The van der Waals surface area contributed by atoms with Crippen molar-refractivity contribution in [2.75, 3.05) is 7.11 Å². The average molecular weight is 243 g/mol. The van der Waals surface area contributed by atoms with Gasteiger partial charge in [0.15, 0.2) is 0 Å². The van der Waals surface area contributed by atoms with E-state index in [1.54, 1.807) is 30.3 Å². The first kappa shape index (κ1) is 11.9. The maximum Gasteiger partial charge on any atom is 0.146 e.